The second-order valence-corrected chi connectivity index (χ2v) is 6.68. The van der Waals surface area contributed by atoms with Crippen molar-refractivity contribution in [1.82, 2.24) is 0 Å². The molecule has 0 bridgehead atoms. The lowest BCUT2D eigenvalue weighted by Crippen LogP contribution is -2.14. The summed E-state index contributed by atoms with van der Waals surface area (Å²) in [5.74, 6) is 0.643. The molecule has 0 aliphatic carbocycles. The van der Waals surface area contributed by atoms with Gasteiger partial charge in [0.15, 0.2) is 0 Å². The number of hydrogen-bond acceptors (Lipinski definition) is 1. The van der Waals surface area contributed by atoms with Crippen molar-refractivity contribution in [3.05, 3.63) is 35.4 Å². The van der Waals surface area contributed by atoms with Gasteiger partial charge in [-0.15, -0.1) is 0 Å². The van der Waals surface area contributed by atoms with Gasteiger partial charge in [0.1, 0.15) is 0 Å². The molecule has 1 nitrogen and oxygen atoms in total. The molecule has 0 aliphatic heterocycles. The van der Waals surface area contributed by atoms with Gasteiger partial charge in [0.2, 0.25) is 0 Å². The number of rotatable bonds is 5. The lowest BCUT2D eigenvalue weighted by atomic mass is 9.87. The molecule has 0 radical (unpaired) electrons. The van der Waals surface area contributed by atoms with Gasteiger partial charge in [-0.25, -0.2) is 0 Å². The van der Waals surface area contributed by atoms with E-state index in [1.807, 2.05) is 0 Å². The fourth-order valence-corrected chi connectivity index (χ4v) is 2.06. The van der Waals surface area contributed by atoms with Crippen LogP contribution in [0.2, 0.25) is 0 Å². The fourth-order valence-electron chi connectivity index (χ4n) is 2.06. The summed E-state index contributed by atoms with van der Waals surface area (Å²) < 4.78 is 0. The first kappa shape index (κ1) is 15.2. The van der Waals surface area contributed by atoms with Gasteiger partial charge in [-0.2, -0.15) is 0 Å². The second-order valence-electron chi connectivity index (χ2n) is 6.68. The van der Waals surface area contributed by atoms with E-state index in [2.05, 4.69) is 58.9 Å². The Morgan fingerprint density at radius 1 is 1.06 bits per heavy atom. The van der Waals surface area contributed by atoms with Crippen molar-refractivity contribution in [2.75, 3.05) is 0 Å². The van der Waals surface area contributed by atoms with E-state index in [1.54, 1.807) is 0 Å². The zero-order valence-electron chi connectivity index (χ0n) is 12.7. The number of benzene rings is 1. The van der Waals surface area contributed by atoms with E-state index < -0.39 is 0 Å². The first-order valence-corrected chi connectivity index (χ1v) is 7.19. The van der Waals surface area contributed by atoms with Crippen LogP contribution in [-0.2, 0) is 0 Å². The highest BCUT2D eigenvalue weighted by atomic mass is 14.6. The quantitative estimate of drug-likeness (QED) is 0.776. The van der Waals surface area contributed by atoms with Crippen molar-refractivity contribution >= 4 is 0 Å². The molecule has 0 aliphatic rings. The number of nitrogens with two attached hydrogens (primary N) is 1. The van der Waals surface area contributed by atoms with Gasteiger partial charge in [0, 0.05) is 6.04 Å². The van der Waals surface area contributed by atoms with Crippen LogP contribution in [0.1, 0.15) is 77.0 Å². The van der Waals surface area contributed by atoms with Gasteiger partial charge in [-0.1, -0.05) is 58.9 Å². The zero-order valence-corrected chi connectivity index (χ0v) is 12.7. The van der Waals surface area contributed by atoms with Crippen molar-refractivity contribution in [2.45, 2.75) is 65.8 Å². The Hall–Kier alpha value is -0.820. The molecule has 2 N–H and O–H groups in total. The van der Waals surface area contributed by atoms with E-state index >= 15 is 0 Å². The third-order valence-corrected chi connectivity index (χ3v) is 3.75. The summed E-state index contributed by atoms with van der Waals surface area (Å²) in [6, 6.07) is 9.06. The maximum Gasteiger partial charge on any atom is 0.0295 e. The topological polar surface area (TPSA) is 26.0 Å². The zero-order chi connectivity index (χ0) is 13.8. The van der Waals surface area contributed by atoms with E-state index in [0.717, 1.165) is 6.42 Å². The molecule has 0 saturated heterocycles. The Balaban J connectivity index is 2.62. The predicted molar refractivity (Wildman–Crippen MR) is 80.8 cm³/mol. The van der Waals surface area contributed by atoms with E-state index in [0.29, 0.717) is 11.3 Å². The van der Waals surface area contributed by atoms with E-state index in [9.17, 15) is 0 Å². The number of hydrogen-bond donors (Lipinski definition) is 1. The van der Waals surface area contributed by atoms with Crippen molar-refractivity contribution < 1.29 is 0 Å². The summed E-state index contributed by atoms with van der Waals surface area (Å²) >= 11 is 0. The smallest absolute Gasteiger partial charge is 0.0295 e. The molecule has 0 amide bonds. The monoisotopic (exact) mass is 247 g/mol. The van der Waals surface area contributed by atoms with Gasteiger partial charge < -0.3 is 5.73 Å². The molecule has 2 unspecified atom stereocenters. The SMILES string of the molecule is CCC(C)c1ccc(C(N)CCC(C)(C)C)cc1. The summed E-state index contributed by atoms with van der Waals surface area (Å²) in [4.78, 5) is 0. The summed E-state index contributed by atoms with van der Waals surface area (Å²) in [7, 11) is 0. The van der Waals surface area contributed by atoms with Crippen LogP contribution in [0, 0.1) is 5.41 Å². The van der Waals surface area contributed by atoms with E-state index in [-0.39, 0.29) is 6.04 Å². The van der Waals surface area contributed by atoms with E-state index in [1.165, 1.54) is 24.0 Å². The minimum Gasteiger partial charge on any atom is -0.324 e. The summed E-state index contributed by atoms with van der Waals surface area (Å²) in [5.41, 5.74) is 9.32. The first-order valence-electron chi connectivity index (χ1n) is 7.19. The third kappa shape index (κ3) is 4.81. The van der Waals surface area contributed by atoms with Crippen molar-refractivity contribution in [3.8, 4) is 0 Å². The molecular weight excluding hydrogens is 218 g/mol. The standard InChI is InChI=1S/C17H29N/c1-6-13(2)14-7-9-15(10-8-14)16(18)11-12-17(3,4)5/h7-10,13,16H,6,11-12,18H2,1-5H3. The van der Waals surface area contributed by atoms with Crippen molar-refractivity contribution in [3.63, 3.8) is 0 Å². The molecule has 102 valence electrons. The van der Waals surface area contributed by atoms with Crippen molar-refractivity contribution in [2.24, 2.45) is 11.1 Å². The Labute approximate surface area is 113 Å². The minimum atomic E-state index is 0.176. The normalized spacial score (nSPS) is 15.4. The first-order chi connectivity index (χ1) is 8.33. The Morgan fingerprint density at radius 2 is 1.56 bits per heavy atom. The molecule has 0 aromatic heterocycles. The van der Waals surface area contributed by atoms with Crippen LogP contribution >= 0.6 is 0 Å². The highest BCUT2D eigenvalue weighted by molar-refractivity contribution is 5.26. The second kappa shape index (κ2) is 6.38. The van der Waals surface area contributed by atoms with Crippen LogP contribution in [0.4, 0.5) is 0 Å². The average molecular weight is 247 g/mol. The molecular formula is C17H29N. The molecule has 1 rings (SSSR count). The molecule has 1 aromatic rings. The van der Waals surface area contributed by atoms with Crippen LogP contribution in [0.15, 0.2) is 24.3 Å². The summed E-state index contributed by atoms with van der Waals surface area (Å²) in [6.45, 7) is 11.3. The van der Waals surface area contributed by atoms with Gasteiger partial charge in [-0.05, 0) is 41.7 Å². The van der Waals surface area contributed by atoms with Gasteiger partial charge in [0.05, 0.1) is 0 Å². The van der Waals surface area contributed by atoms with Crippen LogP contribution in [0.25, 0.3) is 0 Å². The van der Waals surface area contributed by atoms with Crippen LogP contribution in [-0.4, -0.2) is 0 Å². The lowest BCUT2D eigenvalue weighted by Gasteiger charge is -2.21. The summed E-state index contributed by atoms with van der Waals surface area (Å²) in [5, 5.41) is 0. The van der Waals surface area contributed by atoms with Gasteiger partial charge >= 0.3 is 0 Å². The molecule has 18 heavy (non-hydrogen) atoms. The molecule has 0 heterocycles. The Bertz CT molecular complexity index is 345. The molecule has 0 fully saturated rings. The maximum atomic E-state index is 6.26. The van der Waals surface area contributed by atoms with Crippen molar-refractivity contribution in [1.29, 1.82) is 0 Å². The Morgan fingerprint density at radius 3 is 2.00 bits per heavy atom. The highest BCUT2D eigenvalue weighted by Crippen LogP contribution is 2.27. The molecule has 0 saturated carbocycles. The van der Waals surface area contributed by atoms with Gasteiger partial charge in [-0.3, -0.25) is 0 Å². The summed E-state index contributed by atoms with van der Waals surface area (Å²) in [6.07, 6.45) is 3.42. The van der Waals surface area contributed by atoms with Gasteiger partial charge in [0.25, 0.3) is 0 Å². The lowest BCUT2D eigenvalue weighted by molar-refractivity contribution is 0.350. The van der Waals surface area contributed by atoms with E-state index in [4.69, 9.17) is 5.73 Å². The Kier molecular flexibility index (Phi) is 5.40. The molecule has 0 spiro atoms. The predicted octanol–water partition coefficient (Wildman–Crippen LogP) is 5.03. The third-order valence-electron chi connectivity index (χ3n) is 3.75. The molecule has 1 heteroatoms. The van der Waals surface area contributed by atoms with Crippen LogP contribution in [0.5, 0.6) is 0 Å². The fraction of sp³-hybridized carbons (Fsp3) is 0.647. The molecule has 1 aromatic carbocycles. The van der Waals surface area contributed by atoms with Crippen LogP contribution < -0.4 is 5.73 Å². The largest absolute Gasteiger partial charge is 0.324 e. The molecule has 2 atom stereocenters. The van der Waals surface area contributed by atoms with Crippen LogP contribution in [0.3, 0.4) is 0 Å². The maximum absolute atomic E-state index is 6.26. The highest BCUT2D eigenvalue weighted by Gasteiger charge is 2.14. The minimum absolute atomic E-state index is 0.176. The average Bonchev–Trinajstić information content (AvgIpc) is 2.34.